The minimum atomic E-state index is -0.663. The van der Waals surface area contributed by atoms with E-state index in [9.17, 15) is 28.8 Å². The molecule has 6 amide bonds. The average Bonchev–Trinajstić information content (AvgIpc) is 4.26. The van der Waals surface area contributed by atoms with E-state index < -0.39 is 18.1 Å². The Morgan fingerprint density at radius 1 is 0.605 bits per heavy atom. The molecule has 6 N–H and O–H groups in total. The molecule has 0 aliphatic carbocycles. The van der Waals surface area contributed by atoms with Crippen molar-refractivity contribution in [2.45, 2.75) is 110 Å². The van der Waals surface area contributed by atoms with Gasteiger partial charge in [0.1, 0.15) is 12.1 Å². The van der Waals surface area contributed by atoms with Crippen LogP contribution < -0.4 is 31.9 Å². The summed E-state index contributed by atoms with van der Waals surface area (Å²) in [5, 5.41) is 19.5. The molecule has 6 aromatic rings. The normalized spacial score (nSPS) is 16.8. The average molecular weight is 1040 g/mol. The zero-order valence-electron chi connectivity index (χ0n) is 44.9. The van der Waals surface area contributed by atoms with Gasteiger partial charge in [0, 0.05) is 61.7 Å². The van der Waals surface area contributed by atoms with Gasteiger partial charge in [-0.1, -0.05) is 64.1 Å². The van der Waals surface area contributed by atoms with Gasteiger partial charge in [-0.2, -0.15) is 0 Å². The number of carbonyl (C=O) groups excluding carboxylic acids is 6. The highest BCUT2D eigenvalue weighted by molar-refractivity contribution is 6.08. The van der Waals surface area contributed by atoms with E-state index in [2.05, 4.69) is 41.9 Å². The number of rotatable bonds is 22. The molecule has 2 fully saturated rings. The Bertz CT molecular complexity index is 3050. The topological polar surface area (TPSA) is 217 Å². The number of para-hydroxylation sites is 2. The van der Waals surface area contributed by atoms with Crippen LogP contribution in [0.1, 0.15) is 123 Å². The lowest BCUT2D eigenvalue weighted by atomic mass is 10.00. The molecule has 8 rings (SSSR count). The van der Waals surface area contributed by atoms with Crippen LogP contribution >= 0.6 is 0 Å². The number of amides is 6. The molecule has 0 saturated carbocycles. The summed E-state index contributed by atoms with van der Waals surface area (Å²) < 4.78 is 3.94. The molecule has 5 atom stereocenters. The number of likely N-dealkylation sites (tertiary alicyclic amines) is 2. The van der Waals surface area contributed by atoms with Crippen LogP contribution in [0.3, 0.4) is 0 Å². The molecule has 2 saturated heterocycles. The minimum Gasteiger partial charge on any atom is -0.352 e. The smallest absolute Gasteiger partial charge is 0.253 e. The molecule has 6 heterocycles. The van der Waals surface area contributed by atoms with E-state index in [4.69, 9.17) is 0 Å². The Morgan fingerprint density at radius 3 is 1.51 bits per heavy atom. The molecule has 2 aliphatic rings. The summed E-state index contributed by atoms with van der Waals surface area (Å²) in [7, 11) is 3.41. The van der Waals surface area contributed by atoms with Gasteiger partial charge in [0.15, 0.2) is 0 Å². The van der Waals surface area contributed by atoms with E-state index in [-0.39, 0.29) is 65.9 Å². The summed E-state index contributed by atoms with van der Waals surface area (Å²) in [6.07, 6.45) is 16.2. The van der Waals surface area contributed by atoms with Crippen LogP contribution in [0.2, 0.25) is 0 Å². The van der Waals surface area contributed by atoms with E-state index in [1.54, 1.807) is 45.8 Å². The number of aromatic nitrogens is 4. The summed E-state index contributed by atoms with van der Waals surface area (Å²) in [5.74, 6) is -1.24. The second-order valence-electron chi connectivity index (χ2n) is 20.8. The summed E-state index contributed by atoms with van der Waals surface area (Å²) >= 11 is 0. The van der Waals surface area contributed by atoms with Crippen molar-refractivity contribution in [1.82, 2.24) is 60.8 Å². The highest BCUT2D eigenvalue weighted by Crippen LogP contribution is 2.36. The number of hydrogen-bond acceptors (Lipinski definition) is 10. The Hall–Kier alpha value is -7.44. The van der Waals surface area contributed by atoms with Gasteiger partial charge in [0.2, 0.25) is 23.6 Å². The lowest BCUT2D eigenvalue weighted by molar-refractivity contribution is -0.139. The van der Waals surface area contributed by atoms with Gasteiger partial charge in [0.25, 0.3) is 11.8 Å². The van der Waals surface area contributed by atoms with Crippen LogP contribution in [0.5, 0.6) is 0 Å². The Kier molecular flexibility index (Phi) is 18.0. The Balaban J connectivity index is 0.863. The third-order valence-corrected chi connectivity index (χ3v) is 14.9. The van der Waals surface area contributed by atoms with E-state index in [0.717, 1.165) is 76.4 Å². The number of fused-ring (bicyclic) bond motifs is 2. The number of benzene rings is 2. The third kappa shape index (κ3) is 12.1. The molecule has 2 aromatic carbocycles. The summed E-state index contributed by atoms with van der Waals surface area (Å²) in [6.45, 7) is 11.7. The van der Waals surface area contributed by atoms with Crippen LogP contribution in [0.25, 0.3) is 33.2 Å². The fraction of sp³-hybridized carbons (Fsp3) is 0.448. The first-order valence-corrected chi connectivity index (χ1v) is 26.9. The van der Waals surface area contributed by atoms with E-state index >= 15 is 0 Å². The molecule has 0 radical (unpaired) electrons. The van der Waals surface area contributed by atoms with E-state index in [1.165, 1.54) is 0 Å². The predicted molar refractivity (Wildman–Crippen MR) is 294 cm³/mol. The number of likely N-dealkylation sites (N-methyl/N-ethyl adjacent to an activating group) is 2. The number of unbranched alkanes of at least 4 members (excludes halogenated alkanes) is 2. The van der Waals surface area contributed by atoms with Gasteiger partial charge in [-0.25, -0.2) is 0 Å². The standard InChI is InChI=1S/C58H74N12O6/c1-36(2)52(65-51(71)33-59-6)57(75)67-25-15-21-47(67)39-27-41(31-61-29-39)69-34-45(43-17-9-11-19-49(43)69)55(73)63-23-13-8-14-24-64-56(74)46-35-70(50-20-12-10-18-44(46)50)42-28-40(30-62-32-42)48-22-16-26-68(48)58(76)53(37(3)4)66-54(72)38(5)60-7/h9-12,17-20,27-32,34-38,47-48,52-53,59-60H,8,13-16,21-26,33H2,1-7H3,(H,63,73)(H,64,74)(H,65,71)(H,66,72)/t38-,47-,48-,52-,53-/m0/s1. The zero-order valence-corrected chi connectivity index (χ0v) is 44.9. The molecule has 0 spiro atoms. The third-order valence-electron chi connectivity index (χ3n) is 14.9. The Morgan fingerprint density at radius 2 is 1.07 bits per heavy atom. The Labute approximate surface area is 445 Å². The lowest BCUT2D eigenvalue weighted by Crippen LogP contribution is -2.54. The SMILES string of the molecule is CNCC(=O)N[C@H](C(=O)N1CCC[C@H]1c1cncc(-n2cc(C(=O)NCCCCCNC(=O)c3cn(-c4cncc([C@@H]5CCCN5C(=O)[C@@H](NC(=O)[C@H](C)NC)C(C)C)c4)c4ccccc34)c3ccccc32)c1)C(C)C. The minimum absolute atomic E-state index is 0.0943. The van der Waals surface area contributed by atoms with Gasteiger partial charge in [-0.3, -0.25) is 38.7 Å². The fourth-order valence-corrected chi connectivity index (χ4v) is 10.6. The zero-order chi connectivity index (χ0) is 54.0. The second-order valence-corrected chi connectivity index (χ2v) is 20.8. The summed E-state index contributed by atoms with van der Waals surface area (Å²) in [5.41, 5.74) is 6.10. The second kappa shape index (κ2) is 24.9. The molecular weight excluding hydrogens is 961 g/mol. The molecule has 76 heavy (non-hydrogen) atoms. The maximum Gasteiger partial charge on any atom is 0.253 e. The first-order valence-electron chi connectivity index (χ1n) is 26.9. The lowest BCUT2D eigenvalue weighted by Gasteiger charge is -2.32. The maximum absolute atomic E-state index is 14.0. The van der Waals surface area contributed by atoms with Crippen LogP contribution in [0.4, 0.5) is 0 Å². The number of nitrogens with one attached hydrogen (secondary N) is 6. The molecule has 2 aliphatic heterocycles. The maximum atomic E-state index is 14.0. The molecule has 0 unspecified atom stereocenters. The van der Waals surface area contributed by atoms with Gasteiger partial charge in [-0.05, 0) is 113 Å². The van der Waals surface area contributed by atoms with Crippen LogP contribution in [0.15, 0.2) is 97.8 Å². The first-order chi connectivity index (χ1) is 36.7. The number of nitrogens with zero attached hydrogens (tertiary/aromatic N) is 6. The molecular formula is C58H74N12O6. The van der Waals surface area contributed by atoms with Crippen molar-refractivity contribution in [3.8, 4) is 11.4 Å². The highest BCUT2D eigenvalue weighted by Gasteiger charge is 2.38. The highest BCUT2D eigenvalue weighted by atomic mass is 16.2. The van der Waals surface area contributed by atoms with E-state index in [0.29, 0.717) is 50.1 Å². The van der Waals surface area contributed by atoms with Gasteiger partial charge in [-0.15, -0.1) is 0 Å². The number of hydrogen-bond donors (Lipinski definition) is 6. The van der Waals surface area contributed by atoms with Gasteiger partial charge in [0.05, 0.1) is 70.6 Å². The van der Waals surface area contributed by atoms with Gasteiger partial charge >= 0.3 is 0 Å². The van der Waals surface area contributed by atoms with Crippen LogP contribution in [0, 0.1) is 11.8 Å². The van der Waals surface area contributed by atoms with Crippen LogP contribution in [-0.4, -0.2) is 129 Å². The molecule has 18 heteroatoms. The summed E-state index contributed by atoms with van der Waals surface area (Å²) in [6, 6.07) is 17.4. The van der Waals surface area contributed by atoms with Crippen LogP contribution in [-0.2, 0) is 19.2 Å². The molecule has 0 bridgehead atoms. The van der Waals surface area contributed by atoms with Crippen molar-refractivity contribution in [3.05, 3.63) is 120 Å². The van der Waals surface area contributed by atoms with Crippen molar-refractivity contribution in [1.29, 1.82) is 0 Å². The van der Waals surface area contributed by atoms with Crippen molar-refractivity contribution in [2.24, 2.45) is 11.8 Å². The van der Waals surface area contributed by atoms with Crippen molar-refractivity contribution < 1.29 is 28.8 Å². The molecule has 4 aromatic heterocycles. The van der Waals surface area contributed by atoms with Crippen molar-refractivity contribution >= 4 is 57.2 Å². The summed E-state index contributed by atoms with van der Waals surface area (Å²) in [4.78, 5) is 93.9. The van der Waals surface area contributed by atoms with Gasteiger partial charge < -0.3 is 50.8 Å². The monoisotopic (exact) mass is 1030 g/mol. The predicted octanol–water partition coefficient (Wildman–Crippen LogP) is 6.13. The van der Waals surface area contributed by atoms with E-state index in [1.807, 2.05) is 120 Å². The van der Waals surface area contributed by atoms with Crippen molar-refractivity contribution in [2.75, 3.05) is 46.8 Å². The molecule has 402 valence electrons. The number of carbonyl (C=O) groups is 6. The first kappa shape index (κ1) is 54.8. The largest absolute Gasteiger partial charge is 0.352 e. The molecule has 18 nitrogen and oxygen atoms in total. The number of pyridine rings is 2. The fourth-order valence-electron chi connectivity index (χ4n) is 10.6. The van der Waals surface area contributed by atoms with Crippen molar-refractivity contribution in [3.63, 3.8) is 0 Å². The quantitative estimate of drug-likeness (QED) is 0.0428.